The van der Waals surface area contributed by atoms with Crippen LogP contribution < -0.4 is 10.1 Å². The molecule has 102 valence electrons. The fourth-order valence-corrected chi connectivity index (χ4v) is 2.28. The molecule has 0 saturated carbocycles. The molecule has 19 heavy (non-hydrogen) atoms. The summed E-state index contributed by atoms with van der Waals surface area (Å²) in [5.41, 5.74) is 2.33. The van der Waals surface area contributed by atoms with E-state index in [1.165, 1.54) is 5.56 Å². The van der Waals surface area contributed by atoms with E-state index in [1.54, 1.807) is 13.3 Å². The van der Waals surface area contributed by atoms with Crippen molar-refractivity contribution in [2.45, 2.75) is 32.4 Å². The normalized spacial score (nSPS) is 14.1. The molecule has 0 aliphatic rings. The van der Waals surface area contributed by atoms with Crippen LogP contribution >= 0.6 is 0 Å². The fraction of sp³-hybridized carbons (Fsp3) is 0.400. The van der Waals surface area contributed by atoms with Crippen LogP contribution in [0, 0.1) is 0 Å². The molecule has 0 aliphatic carbocycles. The summed E-state index contributed by atoms with van der Waals surface area (Å²) < 4.78 is 5.38. The molecule has 0 aliphatic heterocycles. The summed E-state index contributed by atoms with van der Waals surface area (Å²) in [5.74, 6) is 0.949. The Labute approximate surface area is 114 Å². The third kappa shape index (κ3) is 3.58. The number of rotatable bonds is 6. The van der Waals surface area contributed by atoms with Crippen molar-refractivity contribution in [1.29, 1.82) is 0 Å². The quantitative estimate of drug-likeness (QED) is 0.838. The van der Waals surface area contributed by atoms with Gasteiger partial charge in [0.05, 0.1) is 12.8 Å². The summed E-state index contributed by atoms with van der Waals surface area (Å²) in [6.45, 7) is 4.31. The highest BCUT2D eigenvalue weighted by molar-refractivity contribution is 5.33. The van der Waals surface area contributed by atoms with Gasteiger partial charge in [-0.2, -0.15) is 5.10 Å². The smallest absolute Gasteiger partial charge is 0.122 e. The minimum absolute atomic E-state index is 0.257. The molecule has 0 radical (unpaired) electrons. The van der Waals surface area contributed by atoms with Gasteiger partial charge in [-0.15, -0.1) is 0 Å². The number of benzene rings is 1. The molecule has 0 fully saturated rings. The number of methoxy groups -OCH3 is 1. The molecule has 1 aromatic heterocycles. The van der Waals surface area contributed by atoms with E-state index in [4.69, 9.17) is 4.74 Å². The Morgan fingerprint density at radius 1 is 1.26 bits per heavy atom. The molecular weight excluding hydrogens is 238 g/mol. The summed E-state index contributed by atoms with van der Waals surface area (Å²) in [6, 6.07) is 10.8. The zero-order valence-corrected chi connectivity index (χ0v) is 11.7. The first-order chi connectivity index (χ1) is 9.20. The van der Waals surface area contributed by atoms with Gasteiger partial charge < -0.3 is 10.1 Å². The number of hydrogen-bond donors (Lipinski definition) is 2. The maximum absolute atomic E-state index is 5.38. The van der Waals surface area contributed by atoms with Crippen molar-refractivity contribution < 1.29 is 4.74 Å². The predicted octanol–water partition coefficient (Wildman–Crippen LogP) is 2.70. The molecule has 2 aromatic rings. The van der Waals surface area contributed by atoms with Gasteiger partial charge in [-0.05, 0) is 38.0 Å². The molecule has 0 amide bonds. The molecule has 0 spiro atoms. The minimum atomic E-state index is 0.257. The summed E-state index contributed by atoms with van der Waals surface area (Å²) in [7, 11) is 1.71. The van der Waals surface area contributed by atoms with Gasteiger partial charge in [-0.1, -0.05) is 18.2 Å². The van der Waals surface area contributed by atoms with Crippen molar-refractivity contribution in [1.82, 2.24) is 15.5 Å². The largest absolute Gasteiger partial charge is 0.496 e. The maximum Gasteiger partial charge on any atom is 0.122 e. The molecule has 4 heteroatoms. The van der Waals surface area contributed by atoms with Gasteiger partial charge in [0.15, 0.2) is 0 Å². The number of para-hydroxylation sites is 1. The minimum Gasteiger partial charge on any atom is -0.496 e. The number of nitrogens with zero attached hydrogens (tertiary/aromatic N) is 1. The van der Waals surface area contributed by atoms with Crippen molar-refractivity contribution in [3.8, 4) is 5.75 Å². The second kappa shape index (κ2) is 6.38. The average Bonchev–Trinajstić information content (AvgIpc) is 2.93. The summed E-state index contributed by atoms with van der Waals surface area (Å²) in [6.07, 6.45) is 2.71. The topological polar surface area (TPSA) is 49.9 Å². The van der Waals surface area contributed by atoms with E-state index in [2.05, 4.69) is 35.4 Å². The molecule has 0 saturated heterocycles. The highest BCUT2D eigenvalue weighted by atomic mass is 16.5. The SMILES string of the molecule is COc1ccccc1CC(C)NC(C)c1ccn[nH]1. The van der Waals surface area contributed by atoms with E-state index in [0.717, 1.165) is 17.9 Å². The monoisotopic (exact) mass is 259 g/mol. The van der Waals surface area contributed by atoms with E-state index in [0.29, 0.717) is 6.04 Å². The molecule has 4 nitrogen and oxygen atoms in total. The van der Waals surface area contributed by atoms with Gasteiger partial charge in [-0.3, -0.25) is 5.10 Å². The van der Waals surface area contributed by atoms with Crippen LogP contribution in [-0.2, 0) is 6.42 Å². The van der Waals surface area contributed by atoms with E-state index in [9.17, 15) is 0 Å². The Hall–Kier alpha value is -1.81. The Morgan fingerprint density at radius 2 is 2.05 bits per heavy atom. The summed E-state index contributed by atoms with van der Waals surface area (Å²) in [5, 5.41) is 10.5. The molecule has 0 bridgehead atoms. The first-order valence-electron chi connectivity index (χ1n) is 6.58. The van der Waals surface area contributed by atoms with Crippen molar-refractivity contribution in [2.24, 2.45) is 0 Å². The standard InChI is InChI=1S/C15H21N3O/c1-11(17-12(2)14-8-9-16-18-14)10-13-6-4-5-7-15(13)19-3/h4-9,11-12,17H,10H2,1-3H3,(H,16,18). The zero-order chi connectivity index (χ0) is 13.7. The first-order valence-corrected chi connectivity index (χ1v) is 6.58. The highest BCUT2D eigenvalue weighted by Gasteiger charge is 2.12. The predicted molar refractivity (Wildman–Crippen MR) is 76.3 cm³/mol. The fourth-order valence-electron chi connectivity index (χ4n) is 2.28. The number of H-pyrrole nitrogens is 1. The number of hydrogen-bond acceptors (Lipinski definition) is 3. The van der Waals surface area contributed by atoms with Gasteiger partial charge in [-0.25, -0.2) is 0 Å². The van der Waals surface area contributed by atoms with Gasteiger partial charge in [0.2, 0.25) is 0 Å². The van der Waals surface area contributed by atoms with Gasteiger partial charge >= 0.3 is 0 Å². The van der Waals surface area contributed by atoms with Crippen LogP contribution in [0.25, 0.3) is 0 Å². The van der Waals surface area contributed by atoms with Gasteiger partial charge in [0.1, 0.15) is 5.75 Å². The molecule has 2 rings (SSSR count). The molecule has 2 N–H and O–H groups in total. The highest BCUT2D eigenvalue weighted by Crippen LogP contribution is 2.19. The Kier molecular flexibility index (Phi) is 4.58. The lowest BCUT2D eigenvalue weighted by molar-refractivity contribution is 0.402. The van der Waals surface area contributed by atoms with Crippen LogP contribution in [0.2, 0.25) is 0 Å². The zero-order valence-electron chi connectivity index (χ0n) is 11.7. The van der Waals surface area contributed by atoms with E-state index in [-0.39, 0.29) is 6.04 Å². The van der Waals surface area contributed by atoms with Crippen LogP contribution in [0.3, 0.4) is 0 Å². The van der Waals surface area contributed by atoms with Crippen molar-refractivity contribution in [3.63, 3.8) is 0 Å². The van der Waals surface area contributed by atoms with Crippen LogP contribution in [0.4, 0.5) is 0 Å². The Balaban J connectivity index is 1.95. The van der Waals surface area contributed by atoms with E-state index in [1.807, 2.05) is 24.3 Å². The van der Waals surface area contributed by atoms with Crippen LogP contribution in [-0.4, -0.2) is 23.3 Å². The lowest BCUT2D eigenvalue weighted by Gasteiger charge is -2.20. The third-order valence-corrected chi connectivity index (χ3v) is 3.24. The molecule has 2 atom stereocenters. The van der Waals surface area contributed by atoms with E-state index < -0.39 is 0 Å². The summed E-state index contributed by atoms with van der Waals surface area (Å²) in [4.78, 5) is 0. The van der Waals surface area contributed by atoms with Gasteiger partial charge in [0.25, 0.3) is 0 Å². The number of ether oxygens (including phenoxy) is 1. The van der Waals surface area contributed by atoms with Crippen molar-refractivity contribution >= 4 is 0 Å². The van der Waals surface area contributed by atoms with Crippen LogP contribution in [0.1, 0.15) is 31.1 Å². The lowest BCUT2D eigenvalue weighted by atomic mass is 10.0. The molecule has 1 aromatic carbocycles. The number of aromatic nitrogens is 2. The van der Waals surface area contributed by atoms with Crippen LogP contribution in [0.5, 0.6) is 5.75 Å². The second-order valence-electron chi connectivity index (χ2n) is 4.82. The van der Waals surface area contributed by atoms with Crippen molar-refractivity contribution in [2.75, 3.05) is 7.11 Å². The Morgan fingerprint density at radius 3 is 2.74 bits per heavy atom. The molecule has 1 heterocycles. The van der Waals surface area contributed by atoms with Crippen LogP contribution in [0.15, 0.2) is 36.5 Å². The lowest BCUT2D eigenvalue weighted by Crippen LogP contribution is -2.31. The molecule has 2 unspecified atom stereocenters. The Bertz CT molecular complexity index is 496. The molecular formula is C15H21N3O. The second-order valence-corrected chi connectivity index (χ2v) is 4.82. The number of aromatic amines is 1. The maximum atomic E-state index is 5.38. The number of nitrogens with one attached hydrogen (secondary N) is 2. The van der Waals surface area contributed by atoms with E-state index >= 15 is 0 Å². The summed E-state index contributed by atoms with van der Waals surface area (Å²) >= 11 is 0. The van der Waals surface area contributed by atoms with Crippen molar-refractivity contribution in [3.05, 3.63) is 47.8 Å². The third-order valence-electron chi connectivity index (χ3n) is 3.24. The first kappa shape index (κ1) is 13.6. The van der Waals surface area contributed by atoms with Gasteiger partial charge in [0, 0.05) is 18.3 Å². The average molecular weight is 259 g/mol.